The van der Waals surface area contributed by atoms with Crippen molar-refractivity contribution in [2.45, 2.75) is 65.2 Å². The molecule has 21 heavy (non-hydrogen) atoms. The van der Waals surface area contributed by atoms with Gasteiger partial charge in [-0.25, -0.2) is 0 Å². The molecule has 0 radical (unpaired) electrons. The number of allylic oxidation sites excluding steroid dienone is 2. The largest absolute Gasteiger partial charge is 0.299 e. The van der Waals surface area contributed by atoms with E-state index < -0.39 is 0 Å². The lowest BCUT2D eigenvalue weighted by Gasteiger charge is -2.47. The Bertz CT molecular complexity index is 464. The quantitative estimate of drug-likeness (QED) is 0.664. The van der Waals surface area contributed by atoms with Gasteiger partial charge >= 0.3 is 0 Å². The Morgan fingerprint density at radius 2 is 1.86 bits per heavy atom. The molecule has 0 unspecified atom stereocenters. The van der Waals surface area contributed by atoms with Crippen molar-refractivity contribution in [2.75, 3.05) is 0 Å². The van der Waals surface area contributed by atoms with E-state index in [1.165, 1.54) is 6.42 Å². The monoisotopic (exact) mass is 288 g/mol. The Kier molecular flexibility index (Phi) is 4.07. The predicted octanol–water partition coefficient (Wildman–Crippen LogP) is 4.33. The van der Waals surface area contributed by atoms with E-state index >= 15 is 0 Å². The van der Waals surface area contributed by atoms with E-state index in [-0.39, 0.29) is 11.2 Å². The van der Waals surface area contributed by atoms with Crippen molar-refractivity contribution >= 4 is 11.6 Å². The molecule has 0 amide bonds. The molecule has 2 saturated carbocycles. The standard InChI is InChI=1S/C19H28O2/c1-13-7-8-14(20)5-3-4-6-16-15(13)11-12-19(2)17(16)9-10-18(19)21/h3,5,13,15-17H,4,6-12H2,1-2H3/b5-3-/t13-,15+,16+,17-,19-/m0/s1. The van der Waals surface area contributed by atoms with Gasteiger partial charge < -0.3 is 0 Å². The van der Waals surface area contributed by atoms with E-state index in [0.717, 1.165) is 38.5 Å². The van der Waals surface area contributed by atoms with Gasteiger partial charge in [0.1, 0.15) is 5.78 Å². The number of carbonyl (C=O) groups is 2. The van der Waals surface area contributed by atoms with Crippen molar-refractivity contribution in [3.63, 3.8) is 0 Å². The number of hydrogen-bond donors (Lipinski definition) is 0. The lowest BCUT2D eigenvalue weighted by atomic mass is 9.56. The van der Waals surface area contributed by atoms with Gasteiger partial charge in [0, 0.05) is 18.3 Å². The van der Waals surface area contributed by atoms with Crippen molar-refractivity contribution in [3.05, 3.63) is 12.2 Å². The molecule has 5 atom stereocenters. The van der Waals surface area contributed by atoms with Crippen LogP contribution in [-0.2, 0) is 9.59 Å². The molecule has 0 aromatic heterocycles. The van der Waals surface area contributed by atoms with Crippen LogP contribution in [0.3, 0.4) is 0 Å². The van der Waals surface area contributed by atoms with Crippen molar-refractivity contribution in [2.24, 2.45) is 29.1 Å². The van der Waals surface area contributed by atoms with Gasteiger partial charge in [0.25, 0.3) is 0 Å². The maximum Gasteiger partial charge on any atom is 0.155 e. The SMILES string of the molecule is C[C@H]1CCC(=O)/C=C\CC[C@@H]2[C@@H]1CC[C@]1(C)C(=O)CC[C@@H]21. The molecule has 0 saturated heterocycles. The molecule has 0 spiro atoms. The molecule has 3 aliphatic carbocycles. The van der Waals surface area contributed by atoms with E-state index in [1.807, 2.05) is 0 Å². The number of Topliss-reactive ketones (excluding diaryl/α,β-unsaturated/α-hetero) is 1. The maximum atomic E-state index is 12.3. The Labute approximate surface area is 128 Å². The van der Waals surface area contributed by atoms with Crippen LogP contribution >= 0.6 is 0 Å². The molecule has 2 heteroatoms. The molecule has 2 nitrogen and oxygen atoms in total. The fraction of sp³-hybridized carbons (Fsp3) is 0.789. The fourth-order valence-corrected chi connectivity index (χ4v) is 5.38. The van der Waals surface area contributed by atoms with Gasteiger partial charge in [0.15, 0.2) is 5.78 Å². The molecule has 3 aliphatic rings. The third-order valence-corrected chi connectivity index (χ3v) is 6.75. The summed E-state index contributed by atoms with van der Waals surface area (Å²) in [5.41, 5.74) is -0.0372. The lowest BCUT2D eigenvalue weighted by molar-refractivity contribution is -0.130. The number of carbonyl (C=O) groups excluding carboxylic acids is 2. The Morgan fingerprint density at radius 1 is 1.05 bits per heavy atom. The van der Waals surface area contributed by atoms with Gasteiger partial charge in [-0.1, -0.05) is 19.9 Å². The molecular weight excluding hydrogens is 260 g/mol. The zero-order chi connectivity index (χ0) is 15.0. The smallest absolute Gasteiger partial charge is 0.155 e. The first-order valence-electron chi connectivity index (χ1n) is 8.75. The molecule has 0 aromatic rings. The second-order valence-electron chi connectivity index (χ2n) is 7.81. The Balaban J connectivity index is 1.85. The van der Waals surface area contributed by atoms with Gasteiger partial charge in [-0.3, -0.25) is 9.59 Å². The predicted molar refractivity (Wildman–Crippen MR) is 83.8 cm³/mol. The minimum atomic E-state index is -0.0372. The average molecular weight is 288 g/mol. The number of rotatable bonds is 0. The van der Waals surface area contributed by atoms with Gasteiger partial charge in [-0.2, -0.15) is 0 Å². The molecule has 0 aliphatic heterocycles. The number of fused-ring (bicyclic) bond motifs is 3. The first kappa shape index (κ1) is 15.0. The first-order valence-corrected chi connectivity index (χ1v) is 8.75. The summed E-state index contributed by atoms with van der Waals surface area (Å²) in [5.74, 6) is 3.41. The zero-order valence-corrected chi connectivity index (χ0v) is 13.4. The van der Waals surface area contributed by atoms with E-state index in [1.54, 1.807) is 6.08 Å². The van der Waals surface area contributed by atoms with Crippen molar-refractivity contribution in [3.8, 4) is 0 Å². The zero-order valence-electron chi connectivity index (χ0n) is 13.4. The summed E-state index contributed by atoms with van der Waals surface area (Å²) in [7, 11) is 0. The summed E-state index contributed by atoms with van der Waals surface area (Å²) in [6.45, 7) is 4.56. The van der Waals surface area contributed by atoms with Crippen LogP contribution in [0.5, 0.6) is 0 Å². The van der Waals surface area contributed by atoms with Crippen molar-refractivity contribution < 1.29 is 9.59 Å². The van der Waals surface area contributed by atoms with Gasteiger partial charge in [0.2, 0.25) is 0 Å². The van der Waals surface area contributed by atoms with E-state index in [0.29, 0.717) is 35.9 Å². The molecule has 0 bridgehead atoms. The van der Waals surface area contributed by atoms with Crippen LogP contribution in [0, 0.1) is 29.1 Å². The summed E-state index contributed by atoms with van der Waals surface area (Å²) in [4.78, 5) is 24.1. The molecule has 0 aromatic carbocycles. The van der Waals surface area contributed by atoms with Crippen LogP contribution in [0.4, 0.5) is 0 Å². The molecule has 0 N–H and O–H groups in total. The second kappa shape index (κ2) is 5.70. The topological polar surface area (TPSA) is 34.1 Å². The first-order chi connectivity index (χ1) is 10.0. The fourth-order valence-electron chi connectivity index (χ4n) is 5.38. The second-order valence-corrected chi connectivity index (χ2v) is 7.81. The Morgan fingerprint density at radius 3 is 2.67 bits per heavy atom. The summed E-state index contributed by atoms with van der Waals surface area (Å²) >= 11 is 0. The molecule has 3 rings (SSSR count). The number of hydrogen-bond acceptors (Lipinski definition) is 2. The van der Waals surface area contributed by atoms with Gasteiger partial charge in [0.05, 0.1) is 0 Å². The minimum Gasteiger partial charge on any atom is -0.299 e. The lowest BCUT2D eigenvalue weighted by Crippen LogP contribution is -2.43. The van der Waals surface area contributed by atoms with Crippen LogP contribution in [0.2, 0.25) is 0 Å². The third-order valence-electron chi connectivity index (χ3n) is 6.75. The molecular formula is C19H28O2. The van der Waals surface area contributed by atoms with Crippen molar-refractivity contribution in [1.29, 1.82) is 0 Å². The van der Waals surface area contributed by atoms with Crippen LogP contribution in [0.25, 0.3) is 0 Å². The van der Waals surface area contributed by atoms with Crippen LogP contribution in [0.1, 0.15) is 65.2 Å². The highest BCUT2D eigenvalue weighted by molar-refractivity contribution is 5.89. The molecule has 2 fully saturated rings. The van der Waals surface area contributed by atoms with E-state index in [2.05, 4.69) is 19.9 Å². The summed E-state index contributed by atoms with van der Waals surface area (Å²) in [5, 5.41) is 0. The van der Waals surface area contributed by atoms with Crippen LogP contribution in [-0.4, -0.2) is 11.6 Å². The van der Waals surface area contributed by atoms with E-state index in [4.69, 9.17) is 0 Å². The minimum absolute atomic E-state index is 0.0372. The van der Waals surface area contributed by atoms with Crippen LogP contribution in [0.15, 0.2) is 12.2 Å². The average Bonchev–Trinajstić information content (AvgIpc) is 2.76. The normalized spacial score (nSPS) is 45.8. The summed E-state index contributed by atoms with van der Waals surface area (Å²) < 4.78 is 0. The van der Waals surface area contributed by atoms with Crippen LogP contribution < -0.4 is 0 Å². The highest BCUT2D eigenvalue weighted by Crippen LogP contribution is 2.57. The summed E-state index contributed by atoms with van der Waals surface area (Å²) in [6.07, 6.45) is 11.9. The van der Waals surface area contributed by atoms with Gasteiger partial charge in [-0.05, 0) is 68.3 Å². The number of ketones is 2. The molecule has 116 valence electrons. The maximum absolute atomic E-state index is 12.3. The van der Waals surface area contributed by atoms with E-state index in [9.17, 15) is 9.59 Å². The highest BCUT2D eigenvalue weighted by Gasteiger charge is 2.53. The van der Waals surface area contributed by atoms with Crippen molar-refractivity contribution in [1.82, 2.24) is 0 Å². The van der Waals surface area contributed by atoms with Gasteiger partial charge in [-0.15, -0.1) is 0 Å². The summed E-state index contributed by atoms with van der Waals surface area (Å²) in [6, 6.07) is 0. The Hall–Kier alpha value is -0.920. The molecule has 0 heterocycles. The highest BCUT2D eigenvalue weighted by atomic mass is 16.1. The third kappa shape index (κ3) is 2.62.